The molecule has 0 radical (unpaired) electrons. The van der Waals surface area contributed by atoms with Crippen molar-refractivity contribution in [2.75, 3.05) is 11.9 Å². The van der Waals surface area contributed by atoms with Gasteiger partial charge in [-0.05, 0) is 12.5 Å². The van der Waals surface area contributed by atoms with Crippen LogP contribution in [0.4, 0.5) is 17.1 Å². The number of non-ortho nitro benzene ring substituents is 1. The van der Waals surface area contributed by atoms with E-state index in [4.69, 9.17) is 0 Å². The third-order valence-electron chi connectivity index (χ3n) is 1.95. The zero-order chi connectivity index (χ0) is 12.1. The van der Waals surface area contributed by atoms with Gasteiger partial charge >= 0.3 is 0 Å². The molecule has 0 fully saturated rings. The third kappa shape index (κ3) is 2.66. The molecule has 0 amide bonds. The highest BCUT2D eigenvalue weighted by molar-refractivity contribution is 5.65. The van der Waals surface area contributed by atoms with Crippen LogP contribution in [0, 0.1) is 20.2 Å². The van der Waals surface area contributed by atoms with Crippen LogP contribution in [-0.2, 0) is 0 Å². The van der Waals surface area contributed by atoms with Gasteiger partial charge in [-0.1, -0.05) is 6.92 Å². The Hall–Kier alpha value is -2.18. The molecule has 0 saturated carbocycles. The van der Waals surface area contributed by atoms with Crippen LogP contribution in [0.2, 0.25) is 0 Å². The van der Waals surface area contributed by atoms with Crippen molar-refractivity contribution in [1.82, 2.24) is 0 Å². The van der Waals surface area contributed by atoms with Gasteiger partial charge in [-0.2, -0.15) is 0 Å². The third-order valence-corrected chi connectivity index (χ3v) is 1.95. The fourth-order valence-electron chi connectivity index (χ4n) is 1.19. The van der Waals surface area contributed by atoms with E-state index in [1.807, 2.05) is 6.92 Å². The second kappa shape index (κ2) is 5.06. The number of hydrogen-bond acceptors (Lipinski definition) is 5. The molecular formula is C9H11N3O4. The quantitative estimate of drug-likeness (QED) is 0.612. The average molecular weight is 225 g/mol. The van der Waals surface area contributed by atoms with Gasteiger partial charge in [0.05, 0.1) is 15.9 Å². The lowest BCUT2D eigenvalue weighted by molar-refractivity contribution is -0.393. The molecule has 0 aliphatic heterocycles. The zero-order valence-electron chi connectivity index (χ0n) is 8.67. The Morgan fingerprint density at radius 3 is 2.44 bits per heavy atom. The molecule has 16 heavy (non-hydrogen) atoms. The summed E-state index contributed by atoms with van der Waals surface area (Å²) in [6.07, 6.45) is 0.814. The fraction of sp³-hybridized carbons (Fsp3) is 0.333. The normalized spacial score (nSPS) is 9.81. The number of rotatable bonds is 5. The van der Waals surface area contributed by atoms with Crippen LogP contribution < -0.4 is 5.32 Å². The lowest BCUT2D eigenvalue weighted by atomic mass is 10.2. The predicted octanol–water partition coefficient (Wildman–Crippen LogP) is 2.32. The summed E-state index contributed by atoms with van der Waals surface area (Å²) in [4.78, 5) is 19.9. The lowest BCUT2D eigenvalue weighted by Crippen LogP contribution is -2.03. The molecular weight excluding hydrogens is 214 g/mol. The maximum absolute atomic E-state index is 10.7. The minimum atomic E-state index is -0.656. The number of benzene rings is 1. The molecule has 7 heteroatoms. The summed E-state index contributed by atoms with van der Waals surface area (Å²) >= 11 is 0. The second-order valence-electron chi connectivity index (χ2n) is 3.14. The first-order valence-corrected chi connectivity index (χ1v) is 4.73. The summed E-state index contributed by atoms with van der Waals surface area (Å²) in [6, 6.07) is 3.55. The first-order chi connectivity index (χ1) is 7.56. The highest BCUT2D eigenvalue weighted by Crippen LogP contribution is 2.28. The summed E-state index contributed by atoms with van der Waals surface area (Å²) in [5.74, 6) is 0. The molecule has 0 spiro atoms. The van der Waals surface area contributed by atoms with Gasteiger partial charge in [0.2, 0.25) is 0 Å². The van der Waals surface area contributed by atoms with E-state index >= 15 is 0 Å². The summed E-state index contributed by atoms with van der Waals surface area (Å²) in [6.45, 7) is 2.50. The van der Waals surface area contributed by atoms with E-state index in [0.717, 1.165) is 12.5 Å². The largest absolute Gasteiger partial charge is 0.379 e. The second-order valence-corrected chi connectivity index (χ2v) is 3.14. The Labute approximate surface area is 91.4 Å². The Balaban J connectivity index is 3.09. The zero-order valence-corrected chi connectivity index (χ0v) is 8.67. The first kappa shape index (κ1) is 11.9. The molecule has 0 aliphatic carbocycles. The fourth-order valence-corrected chi connectivity index (χ4v) is 1.19. The number of nitrogens with zero attached hydrogens (tertiary/aromatic N) is 2. The lowest BCUT2D eigenvalue weighted by Gasteiger charge is -2.04. The van der Waals surface area contributed by atoms with Crippen molar-refractivity contribution in [3.63, 3.8) is 0 Å². The SMILES string of the molecule is CCCNc1ccc([N+](=O)[O-])cc1[N+](=O)[O-]. The van der Waals surface area contributed by atoms with Crippen molar-refractivity contribution >= 4 is 17.1 Å². The van der Waals surface area contributed by atoms with Crippen LogP contribution in [0.5, 0.6) is 0 Å². The van der Waals surface area contributed by atoms with Crippen LogP contribution in [0.15, 0.2) is 18.2 Å². The molecule has 86 valence electrons. The van der Waals surface area contributed by atoms with E-state index in [2.05, 4.69) is 5.32 Å². The van der Waals surface area contributed by atoms with Gasteiger partial charge in [-0.15, -0.1) is 0 Å². The van der Waals surface area contributed by atoms with Gasteiger partial charge in [0.15, 0.2) is 0 Å². The van der Waals surface area contributed by atoms with Gasteiger partial charge in [0.25, 0.3) is 11.4 Å². The van der Waals surface area contributed by atoms with Crippen molar-refractivity contribution in [3.05, 3.63) is 38.4 Å². The molecule has 1 aromatic carbocycles. The molecule has 0 bridgehead atoms. The van der Waals surface area contributed by atoms with Crippen LogP contribution >= 0.6 is 0 Å². The van der Waals surface area contributed by atoms with Gasteiger partial charge in [-0.25, -0.2) is 0 Å². The van der Waals surface area contributed by atoms with Gasteiger partial charge in [0, 0.05) is 12.6 Å². The van der Waals surface area contributed by atoms with Crippen LogP contribution in [-0.4, -0.2) is 16.4 Å². The maximum atomic E-state index is 10.7. The molecule has 0 aromatic heterocycles. The summed E-state index contributed by atoms with van der Waals surface area (Å²) < 4.78 is 0. The molecule has 7 nitrogen and oxygen atoms in total. The Morgan fingerprint density at radius 2 is 1.94 bits per heavy atom. The topological polar surface area (TPSA) is 98.3 Å². The van der Waals surface area contributed by atoms with Gasteiger partial charge in [-0.3, -0.25) is 20.2 Å². The van der Waals surface area contributed by atoms with Crippen molar-refractivity contribution in [3.8, 4) is 0 Å². The summed E-state index contributed by atoms with van der Waals surface area (Å²) in [5, 5.41) is 24.0. The summed E-state index contributed by atoms with van der Waals surface area (Å²) in [7, 11) is 0. The van der Waals surface area contributed by atoms with E-state index < -0.39 is 9.85 Å². The Bertz CT molecular complexity index is 419. The number of anilines is 1. The predicted molar refractivity (Wildman–Crippen MR) is 58.5 cm³/mol. The molecule has 1 aromatic rings. The molecule has 1 N–H and O–H groups in total. The Morgan fingerprint density at radius 1 is 1.25 bits per heavy atom. The molecule has 0 aliphatic rings. The molecule has 0 atom stereocenters. The van der Waals surface area contributed by atoms with Gasteiger partial charge < -0.3 is 5.32 Å². The van der Waals surface area contributed by atoms with Crippen LogP contribution in [0.25, 0.3) is 0 Å². The molecule has 0 unspecified atom stereocenters. The van der Waals surface area contributed by atoms with E-state index in [1.165, 1.54) is 12.1 Å². The van der Waals surface area contributed by atoms with E-state index in [-0.39, 0.29) is 11.4 Å². The maximum Gasteiger partial charge on any atom is 0.299 e. The van der Waals surface area contributed by atoms with E-state index in [0.29, 0.717) is 12.2 Å². The number of hydrogen-bond donors (Lipinski definition) is 1. The van der Waals surface area contributed by atoms with Crippen molar-refractivity contribution < 1.29 is 9.85 Å². The number of nitro benzene ring substituents is 2. The Kier molecular flexibility index (Phi) is 3.76. The van der Waals surface area contributed by atoms with Crippen molar-refractivity contribution in [2.24, 2.45) is 0 Å². The minimum absolute atomic E-state index is 0.275. The molecule has 1 rings (SSSR count). The van der Waals surface area contributed by atoms with Crippen LogP contribution in [0.3, 0.4) is 0 Å². The first-order valence-electron chi connectivity index (χ1n) is 4.73. The summed E-state index contributed by atoms with van der Waals surface area (Å²) in [5.41, 5.74) is -0.256. The standard InChI is InChI=1S/C9H11N3O4/c1-2-5-10-8-4-3-7(11(13)14)6-9(8)12(15)16/h3-4,6,10H,2,5H2,1H3. The number of nitrogens with one attached hydrogen (secondary N) is 1. The smallest absolute Gasteiger partial charge is 0.299 e. The molecule has 0 saturated heterocycles. The average Bonchev–Trinajstić information content (AvgIpc) is 2.25. The minimum Gasteiger partial charge on any atom is -0.379 e. The highest BCUT2D eigenvalue weighted by atomic mass is 16.6. The number of nitro groups is 2. The van der Waals surface area contributed by atoms with Gasteiger partial charge in [0.1, 0.15) is 5.69 Å². The van der Waals surface area contributed by atoms with Crippen molar-refractivity contribution in [2.45, 2.75) is 13.3 Å². The van der Waals surface area contributed by atoms with E-state index in [1.54, 1.807) is 0 Å². The van der Waals surface area contributed by atoms with Crippen molar-refractivity contribution in [1.29, 1.82) is 0 Å². The van der Waals surface area contributed by atoms with E-state index in [9.17, 15) is 20.2 Å². The van der Waals surface area contributed by atoms with Crippen LogP contribution in [0.1, 0.15) is 13.3 Å². The highest BCUT2D eigenvalue weighted by Gasteiger charge is 2.18. The monoisotopic (exact) mass is 225 g/mol. The molecule has 0 heterocycles.